The number of halogens is 1. The van der Waals surface area contributed by atoms with E-state index in [0.717, 1.165) is 13.0 Å². The zero-order valence-corrected chi connectivity index (χ0v) is 11.3. The van der Waals surface area contributed by atoms with E-state index >= 15 is 0 Å². The van der Waals surface area contributed by atoms with Gasteiger partial charge in [-0.3, -0.25) is 4.79 Å². The number of thiophene rings is 1. The predicted molar refractivity (Wildman–Crippen MR) is 66.5 cm³/mol. The van der Waals surface area contributed by atoms with Crippen LogP contribution >= 0.6 is 27.3 Å². The van der Waals surface area contributed by atoms with Crippen molar-refractivity contribution in [2.24, 2.45) is 0 Å². The Morgan fingerprint density at radius 2 is 2.33 bits per heavy atom. The van der Waals surface area contributed by atoms with Crippen LogP contribution in [-0.2, 0) is 4.79 Å². The molecule has 0 radical (unpaired) electrons. The van der Waals surface area contributed by atoms with Crippen LogP contribution in [-0.4, -0.2) is 22.2 Å². The molecule has 82 valence electrons. The van der Waals surface area contributed by atoms with Gasteiger partial charge < -0.3 is 4.90 Å². The van der Waals surface area contributed by atoms with Crippen LogP contribution in [0, 0.1) is 6.92 Å². The van der Waals surface area contributed by atoms with Gasteiger partial charge in [-0.1, -0.05) is 15.9 Å². The molecule has 2 rings (SSSR count). The summed E-state index contributed by atoms with van der Waals surface area (Å²) in [7, 11) is 0. The Morgan fingerprint density at radius 3 is 2.80 bits per heavy atom. The van der Waals surface area contributed by atoms with Gasteiger partial charge in [0.15, 0.2) is 0 Å². The third-order valence-corrected chi connectivity index (χ3v) is 4.84. The van der Waals surface area contributed by atoms with Crippen molar-refractivity contribution >= 4 is 33.2 Å². The normalized spacial score (nSPS) is 23.5. The molecule has 0 aromatic carbocycles. The van der Waals surface area contributed by atoms with Crippen molar-refractivity contribution in [1.82, 2.24) is 4.90 Å². The van der Waals surface area contributed by atoms with Gasteiger partial charge in [-0.2, -0.15) is 0 Å². The van der Waals surface area contributed by atoms with E-state index in [0.29, 0.717) is 0 Å². The SMILES string of the molecule is Cc1ccc(C(C)N2CCC(Br)C2=O)s1. The number of carbonyl (C=O) groups is 1. The van der Waals surface area contributed by atoms with E-state index in [1.54, 1.807) is 11.3 Å². The maximum absolute atomic E-state index is 11.8. The molecule has 1 aliphatic rings. The second-order valence-electron chi connectivity index (χ2n) is 3.91. The Bertz CT molecular complexity index is 376. The van der Waals surface area contributed by atoms with E-state index in [9.17, 15) is 4.79 Å². The van der Waals surface area contributed by atoms with Gasteiger partial charge in [0.05, 0.1) is 10.9 Å². The van der Waals surface area contributed by atoms with E-state index in [1.807, 2.05) is 4.90 Å². The molecule has 1 amide bonds. The second-order valence-corrected chi connectivity index (χ2v) is 6.34. The van der Waals surface area contributed by atoms with Gasteiger partial charge in [0, 0.05) is 16.3 Å². The van der Waals surface area contributed by atoms with Gasteiger partial charge >= 0.3 is 0 Å². The van der Waals surface area contributed by atoms with E-state index in [1.165, 1.54) is 9.75 Å². The number of likely N-dealkylation sites (tertiary alicyclic amines) is 1. The molecule has 2 atom stereocenters. The van der Waals surface area contributed by atoms with Gasteiger partial charge in [-0.25, -0.2) is 0 Å². The van der Waals surface area contributed by atoms with Crippen LogP contribution in [0.4, 0.5) is 0 Å². The van der Waals surface area contributed by atoms with E-state index < -0.39 is 0 Å². The highest BCUT2D eigenvalue weighted by molar-refractivity contribution is 9.10. The van der Waals surface area contributed by atoms with Crippen molar-refractivity contribution in [3.8, 4) is 0 Å². The van der Waals surface area contributed by atoms with Crippen LogP contribution < -0.4 is 0 Å². The number of amides is 1. The van der Waals surface area contributed by atoms with Crippen molar-refractivity contribution in [3.05, 3.63) is 21.9 Å². The van der Waals surface area contributed by atoms with Crippen LogP contribution in [0.1, 0.15) is 29.1 Å². The van der Waals surface area contributed by atoms with Crippen LogP contribution in [0.15, 0.2) is 12.1 Å². The molecule has 1 fully saturated rings. The lowest BCUT2D eigenvalue weighted by Gasteiger charge is -2.23. The monoisotopic (exact) mass is 287 g/mol. The molecule has 0 N–H and O–H groups in total. The highest BCUT2D eigenvalue weighted by Crippen LogP contribution is 2.31. The zero-order chi connectivity index (χ0) is 11.0. The highest BCUT2D eigenvalue weighted by atomic mass is 79.9. The number of alkyl halides is 1. The van der Waals surface area contributed by atoms with Crippen molar-refractivity contribution in [2.75, 3.05) is 6.54 Å². The van der Waals surface area contributed by atoms with Gasteiger partial charge in [0.2, 0.25) is 5.91 Å². The molecular formula is C11H14BrNOS. The quantitative estimate of drug-likeness (QED) is 0.766. The highest BCUT2D eigenvalue weighted by Gasteiger charge is 2.33. The molecule has 0 saturated carbocycles. The summed E-state index contributed by atoms with van der Waals surface area (Å²) in [5, 5.41) is 0. The maximum atomic E-state index is 11.8. The predicted octanol–water partition coefficient (Wildman–Crippen LogP) is 3.11. The fourth-order valence-corrected chi connectivity index (χ4v) is 3.29. The average molecular weight is 288 g/mol. The number of hydrogen-bond donors (Lipinski definition) is 0. The largest absolute Gasteiger partial charge is 0.334 e. The summed E-state index contributed by atoms with van der Waals surface area (Å²) in [6, 6.07) is 4.46. The lowest BCUT2D eigenvalue weighted by molar-refractivity contribution is -0.128. The molecule has 2 nitrogen and oxygen atoms in total. The number of carbonyl (C=O) groups excluding carboxylic acids is 1. The minimum absolute atomic E-state index is 0.0287. The first kappa shape index (κ1) is 11.1. The Kier molecular flexibility index (Phi) is 3.16. The van der Waals surface area contributed by atoms with Gasteiger partial charge in [0.1, 0.15) is 0 Å². The minimum atomic E-state index is 0.0287. The molecule has 1 aromatic rings. The minimum Gasteiger partial charge on any atom is -0.334 e. The smallest absolute Gasteiger partial charge is 0.236 e. The number of aryl methyl sites for hydroxylation is 1. The number of nitrogens with zero attached hydrogens (tertiary/aromatic N) is 1. The van der Waals surface area contributed by atoms with Crippen LogP contribution in [0.5, 0.6) is 0 Å². The average Bonchev–Trinajstić information content (AvgIpc) is 2.75. The fraction of sp³-hybridized carbons (Fsp3) is 0.545. The molecule has 1 aliphatic heterocycles. The molecule has 1 saturated heterocycles. The van der Waals surface area contributed by atoms with Gasteiger partial charge in [-0.15, -0.1) is 11.3 Å². The summed E-state index contributed by atoms with van der Waals surface area (Å²) in [4.78, 5) is 16.4. The summed E-state index contributed by atoms with van der Waals surface area (Å²) in [5.41, 5.74) is 0. The molecule has 2 heterocycles. The summed E-state index contributed by atoms with van der Waals surface area (Å²) in [6.45, 7) is 5.07. The van der Waals surface area contributed by atoms with E-state index in [2.05, 4.69) is 41.9 Å². The van der Waals surface area contributed by atoms with Crippen LogP contribution in [0.2, 0.25) is 0 Å². The maximum Gasteiger partial charge on any atom is 0.236 e. The Hall–Kier alpha value is -0.350. The van der Waals surface area contributed by atoms with Crippen molar-refractivity contribution < 1.29 is 4.79 Å². The number of rotatable bonds is 2. The molecular weight excluding hydrogens is 274 g/mol. The van der Waals surface area contributed by atoms with Gasteiger partial charge in [0.25, 0.3) is 0 Å². The molecule has 0 bridgehead atoms. The van der Waals surface area contributed by atoms with E-state index in [4.69, 9.17) is 0 Å². The zero-order valence-electron chi connectivity index (χ0n) is 8.87. The lowest BCUT2D eigenvalue weighted by atomic mass is 10.2. The Balaban J connectivity index is 2.15. The molecule has 1 aromatic heterocycles. The van der Waals surface area contributed by atoms with E-state index in [-0.39, 0.29) is 16.8 Å². The molecule has 0 spiro atoms. The van der Waals surface area contributed by atoms with Crippen molar-refractivity contribution in [1.29, 1.82) is 0 Å². The first-order valence-electron chi connectivity index (χ1n) is 5.10. The van der Waals surface area contributed by atoms with Crippen molar-refractivity contribution in [2.45, 2.75) is 31.1 Å². The van der Waals surface area contributed by atoms with Crippen LogP contribution in [0.25, 0.3) is 0 Å². The molecule has 4 heteroatoms. The molecule has 15 heavy (non-hydrogen) atoms. The standard InChI is InChI=1S/C11H14BrNOS/c1-7-3-4-10(15-7)8(2)13-6-5-9(12)11(13)14/h3-4,8-9H,5-6H2,1-2H3. The summed E-state index contributed by atoms with van der Waals surface area (Å²) in [5.74, 6) is 0.230. The topological polar surface area (TPSA) is 20.3 Å². The summed E-state index contributed by atoms with van der Waals surface area (Å²) >= 11 is 5.18. The van der Waals surface area contributed by atoms with Crippen molar-refractivity contribution in [3.63, 3.8) is 0 Å². The van der Waals surface area contributed by atoms with Gasteiger partial charge in [-0.05, 0) is 32.4 Å². The number of hydrogen-bond acceptors (Lipinski definition) is 2. The Labute approximate surface area is 102 Å². The summed E-state index contributed by atoms with van der Waals surface area (Å²) in [6.07, 6.45) is 0.924. The first-order chi connectivity index (χ1) is 7.09. The second kappa shape index (κ2) is 4.26. The Morgan fingerprint density at radius 1 is 1.60 bits per heavy atom. The molecule has 2 unspecified atom stereocenters. The lowest BCUT2D eigenvalue weighted by Crippen LogP contribution is -2.29. The third kappa shape index (κ3) is 2.11. The fourth-order valence-electron chi connectivity index (χ4n) is 1.88. The first-order valence-corrected chi connectivity index (χ1v) is 6.83. The third-order valence-electron chi connectivity index (χ3n) is 2.81. The summed E-state index contributed by atoms with van der Waals surface area (Å²) < 4.78 is 0. The van der Waals surface area contributed by atoms with Crippen LogP contribution in [0.3, 0.4) is 0 Å². The molecule has 0 aliphatic carbocycles.